The van der Waals surface area contributed by atoms with Crippen LogP contribution in [0.2, 0.25) is 0 Å². The largest absolute Gasteiger partial charge is 0.382 e. The van der Waals surface area contributed by atoms with Gasteiger partial charge in [-0.3, -0.25) is 4.79 Å². The minimum Gasteiger partial charge on any atom is -0.382 e. The summed E-state index contributed by atoms with van der Waals surface area (Å²) in [7, 11) is 1.68. The van der Waals surface area contributed by atoms with Crippen LogP contribution < -0.4 is 5.73 Å². The molecule has 7 nitrogen and oxygen atoms in total. The number of nitrogens with two attached hydrogens (primary N) is 1. The second-order valence-electron chi connectivity index (χ2n) is 7.38. The number of likely N-dealkylation sites (tertiary alicyclic amines) is 1. The molecule has 0 saturated carbocycles. The van der Waals surface area contributed by atoms with Crippen molar-refractivity contribution >= 4 is 22.8 Å². The first-order valence-electron chi connectivity index (χ1n) is 9.31. The highest BCUT2D eigenvalue weighted by atomic mass is 16.3. The lowest BCUT2D eigenvalue weighted by Crippen LogP contribution is -2.37. The topological polar surface area (TPSA) is 105 Å². The smallest absolute Gasteiger partial charge is 0.267 e. The van der Waals surface area contributed by atoms with Crippen LogP contribution in [0.4, 0.5) is 5.82 Å². The van der Waals surface area contributed by atoms with E-state index in [0.717, 1.165) is 5.56 Å². The number of anilines is 1. The number of aryl methyl sites for hydroxylation is 1. The number of hydrogen-bond donors (Lipinski definition) is 2. The second-order valence-corrected chi connectivity index (χ2v) is 7.38. The third-order valence-corrected chi connectivity index (χ3v) is 5.18. The zero-order valence-corrected chi connectivity index (χ0v) is 16.5. The predicted molar refractivity (Wildman–Crippen MR) is 111 cm³/mol. The summed E-state index contributed by atoms with van der Waals surface area (Å²) in [5, 5.41) is 10.6. The zero-order valence-electron chi connectivity index (χ0n) is 16.5. The molecule has 1 saturated heterocycles. The molecular weight excluding hydrogens is 366 g/mol. The van der Waals surface area contributed by atoms with Crippen molar-refractivity contribution in [1.82, 2.24) is 19.9 Å². The number of benzene rings is 1. The number of nitrogen functional groups attached to an aromatic ring is 1. The molecule has 146 valence electrons. The normalized spacial score (nSPS) is 21.3. The fourth-order valence-electron chi connectivity index (χ4n) is 3.50. The van der Waals surface area contributed by atoms with Crippen LogP contribution in [0.3, 0.4) is 0 Å². The van der Waals surface area contributed by atoms with E-state index >= 15 is 0 Å². The fraction of sp³-hybridized carbons (Fsp3) is 0.273. The molecule has 2 atom stereocenters. The number of aromatic nitrogens is 3. The minimum atomic E-state index is -1.64. The molecule has 29 heavy (non-hydrogen) atoms. The highest BCUT2D eigenvalue weighted by molar-refractivity contribution is 5.91. The van der Waals surface area contributed by atoms with Crippen molar-refractivity contribution in [3.8, 4) is 23.1 Å². The van der Waals surface area contributed by atoms with Crippen molar-refractivity contribution < 1.29 is 9.90 Å². The summed E-state index contributed by atoms with van der Waals surface area (Å²) in [5.74, 6) is 6.27. The quantitative estimate of drug-likeness (QED) is 0.618. The molecule has 3 N–H and O–H groups in total. The van der Waals surface area contributed by atoms with Crippen molar-refractivity contribution in [3.63, 3.8) is 0 Å². The Kier molecular flexibility index (Phi) is 4.44. The number of hydrogen-bond acceptors (Lipinski definition) is 6. The zero-order chi connectivity index (χ0) is 20.8. The van der Waals surface area contributed by atoms with Crippen molar-refractivity contribution in [2.45, 2.75) is 31.9 Å². The van der Waals surface area contributed by atoms with Gasteiger partial charge in [0.2, 0.25) is 5.60 Å². The maximum atomic E-state index is 12.3. The number of pyridine rings is 1. The Bertz CT molecular complexity index is 1200. The van der Waals surface area contributed by atoms with Crippen molar-refractivity contribution in [1.29, 1.82) is 0 Å². The molecule has 1 amide bonds. The monoisotopic (exact) mass is 387 g/mol. The number of carbonyl (C=O) groups is 1. The van der Waals surface area contributed by atoms with Gasteiger partial charge in [0.25, 0.3) is 5.91 Å². The Labute approximate surface area is 168 Å². The molecule has 0 aliphatic carbocycles. The molecule has 0 unspecified atom stereocenters. The molecule has 1 aromatic carbocycles. The van der Waals surface area contributed by atoms with Gasteiger partial charge in [-0.25, -0.2) is 15.0 Å². The highest BCUT2D eigenvalue weighted by Gasteiger charge is 2.46. The summed E-state index contributed by atoms with van der Waals surface area (Å²) in [6.45, 7) is 3.67. The van der Waals surface area contributed by atoms with Crippen LogP contribution in [0.25, 0.3) is 22.3 Å². The van der Waals surface area contributed by atoms with E-state index in [1.54, 1.807) is 14.0 Å². The third kappa shape index (κ3) is 3.39. The second kappa shape index (κ2) is 6.83. The van der Waals surface area contributed by atoms with Gasteiger partial charge in [0, 0.05) is 30.6 Å². The molecule has 4 rings (SSSR count). The van der Waals surface area contributed by atoms with E-state index in [1.807, 2.05) is 43.3 Å². The molecule has 1 fully saturated rings. The van der Waals surface area contributed by atoms with E-state index in [2.05, 4.69) is 26.8 Å². The van der Waals surface area contributed by atoms with Crippen LogP contribution >= 0.6 is 0 Å². The Morgan fingerprint density at radius 2 is 2.03 bits per heavy atom. The van der Waals surface area contributed by atoms with Crippen molar-refractivity contribution in [2.75, 3.05) is 12.8 Å². The third-order valence-electron chi connectivity index (χ3n) is 5.18. The van der Waals surface area contributed by atoms with E-state index in [4.69, 9.17) is 5.73 Å². The summed E-state index contributed by atoms with van der Waals surface area (Å²) in [6.07, 6.45) is 0.292. The number of amides is 1. The van der Waals surface area contributed by atoms with Gasteiger partial charge < -0.3 is 15.7 Å². The summed E-state index contributed by atoms with van der Waals surface area (Å²) in [5.41, 5.74) is 7.83. The van der Waals surface area contributed by atoms with Gasteiger partial charge in [-0.15, -0.1) is 0 Å². The Balaban J connectivity index is 1.69. The molecular formula is C22H21N5O2. The van der Waals surface area contributed by atoms with Gasteiger partial charge in [-0.05, 0) is 38.1 Å². The number of carbonyl (C=O) groups excluding carboxylic acids is 1. The molecule has 0 radical (unpaired) electrons. The van der Waals surface area contributed by atoms with Crippen LogP contribution in [0.1, 0.15) is 24.7 Å². The van der Waals surface area contributed by atoms with Gasteiger partial charge >= 0.3 is 0 Å². The lowest BCUT2D eigenvalue weighted by molar-refractivity contribution is -0.138. The van der Waals surface area contributed by atoms with Crippen LogP contribution in [0.5, 0.6) is 0 Å². The fourth-order valence-corrected chi connectivity index (χ4v) is 3.50. The van der Waals surface area contributed by atoms with Gasteiger partial charge in [0.1, 0.15) is 11.3 Å². The average Bonchev–Trinajstić information content (AvgIpc) is 2.89. The lowest BCUT2D eigenvalue weighted by atomic mass is 10.00. The maximum Gasteiger partial charge on any atom is 0.267 e. The summed E-state index contributed by atoms with van der Waals surface area (Å²) < 4.78 is 0. The molecule has 0 spiro atoms. The van der Waals surface area contributed by atoms with Crippen molar-refractivity contribution in [3.05, 3.63) is 47.8 Å². The van der Waals surface area contributed by atoms with E-state index in [9.17, 15) is 9.90 Å². The van der Waals surface area contributed by atoms with Crippen LogP contribution in [0, 0.1) is 18.8 Å². The number of likely N-dealkylation sites (N-methyl/N-ethyl adjacent to an activating group) is 1. The maximum absolute atomic E-state index is 12.3. The van der Waals surface area contributed by atoms with Gasteiger partial charge in [-0.1, -0.05) is 24.0 Å². The summed E-state index contributed by atoms with van der Waals surface area (Å²) in [4.78, 5) is 26.9. The average molecular weight is 387 g/mol. The molecule has 7 heteroatoms. The minimum absolute atomic E-state index is 0.0498. The number of nitrogens with zero attached hydrogens (tertiary/aromatic N) is 4. The molecule has 3 heterocycles. The first-order chi connectivity index (χ1) is 13.8. The lowest BCUT2D eigenvalue weighted by Gasteiger charge is -2.14. The Hall–Kier alpha value is -3.50. The van der Waals surface area contributed by atoms with Gasteiger partial charge in [0.15, 0.2) is 5.82 Å². The highest BCUT2D eigenvalue weighted by Crippen LogP contribution is 2.27. The molecule has 2 aromatic heterocycles. The summed E-state index contributed by atoms with van der Waals surface area (Å²) >= 11 is 0. The predicted octanol–water partition coefficient (Wildman–Crippen LogP) is 1.92. The number of fused-ring (bicyclic) bond motifs is 1. The van der Waals surface area contributed by atoms with Crippen LogP contribution in [-0.2, 0) is 4.79 Å². The molecule has 3 aromatic rings. The Morgan fingerprint density at radius 3 is 2.76 bits per heavy atom. The molecule has 1 aliphatic rings. The van der Waals surface area contributed by atoms with Crippen molar-refractivity contribution in [2.24, 2.45) is 0 Å². The van der Waals surface area contributed by atoms with E-state index in [1.165, 1.54) is 4.90 Å². The first-order valence-corrected chi connectivity index (χ1v) is 9.31. The van der Waals surface area contributed by atoms with E-state index in [-0.39, 0.29) is 11.9 Å². The van der Waals surface area contributed by atoms with Crippen LogP contribution in [-0.4, -0.2) is 49.6 Å². The van der Waals surface area contributed by atoms with Gasteiger partial charge in [-0.2, -0.15) is 0 Å². The standard InChI is InChI=1S/C22H21N5O2/c1-13-12-22(29,21(28)27(13)3)10-9-15-5-4-6-16(11-15)17-7-8-18-19(26-17)20(23)25-14(2)24-18/h4-8,11,13,29H,12H2,1-3H3,(H2,23,24,25)/t13-,22+/m1/s1. The molecule has 0 bridgehead atoms. The Morgan fingerprint density at radius 1 is 1.24 bits per heavy atom. The van der Waals surface area contributed by atoms with E-state index in [0.29, 0.717) is 40.4 Å². The first kappa shape index (κ1) is 18.8. The SMILES string of the molecule is Cc1nc(N)c2nc(-c3cccc(C#C[C@]4(O)C[C@@H](C)N(C)C4=O)c3)ccc2n1. The molecule has 1 aliphatic heterocycles. The van der Waals surface area contributed by atoms with Gasteiger partial charge in [0.05, 0.1) is 11.2 Å². The number of rotatable bonds is 1. The number of aliphatic hydroxyl groups is 1. The van der Waals surface area contributed by atoms with Crippen LogP contribution in [0.15, 0.2) is 36.4 Å². The summed E-state index contributed by atoms with van der Waals surface area (Å²) in [6, 6.07) is 11.1. The van der Waals surface area contributed by atoms with E-state index < -0.39 is 5.60 Å².